The van der Waals surface area contributed by atoms with Gasteiger partial charge in [-0.2, -0.15) is 0 Å². The molecule has 1 aromatic rings. The average Bonchev–Trinajstić information content (AvgIpc) is 2.70. The lowest BCUT2D eigenvalue weighted by atomic mass is 10.0. The van der Waals surface area contributed by atoms with Crippen molar-refractivity contribution in [2.24, 2.45) is 0 Å². The summed E-state index contributed by atoms with van der Waals surface area (Å²) in [7, 11) is 0. The molecule has 98 valence electrons. The zero-order chi connectivity index (χ0) is 13.5. The van der Waals surface area contributed by atoms with Crippen LogP contribution in [-0.2, 0) is 9.59 Å². The van der Waals surface area contributed by atoms with Crippen molar-refractivity contribution in [3.8, 4) is 0 Å². The Morgan fingerprint density at radius 1 is 1.44 bits per heavy atom. The van der Waals surface area contributed by atoms with Gasteiger partial charge < -0.3 is 5.11 Å². The summed E-state index contributed by atoms with van der Waals surface area (Å²) in [5.41, 5.74) is 1.53. The molecule has 4 heteroatoms. The Morgan fingerprint density at radius 3 is 2.67 bits per heavy atom. The normalized spacial score (nSPS) is 11.6. The van der Waals surface area contributed by atoms with Crippen LogP contribution in [0.3, 0.4) is 0 Å². The van der Waals surface area contributed by atoms with Crippen LogP contribution in [0.2, 0.25) is 0 Å². The van der Waals surface area contributed by atoms with Crippen molar-refractivity contribution in [1.29, 1.82) is 0 Å². The van der Waals surface area contributed by atoms with Crippen LogP contribution in [0.4, 0.5) is 0 Å². The predicted octanol–water partition coefficient (Wildman–Crippen LogP) is 3.67. The van der Waals surface area contributed by atoms with Crippen molar-refractivity contribution in [3.63, 3.8) is 0 Å². The molecule has 0 atom stereocenters. The van der Waals surface area contributed by atoms with E-state index in [4.69, 9.17) is 5.11 Å². The predicted molar refractivity (Wildman–Crippen MR) is 73.8 cm³/mol. The molecule has 0 spiro atoms. The number of unbranched alkanes of at least 4 members (excludes halogenated alkanes) is 1. The van der Waals surface area contributed by atoms with Gasteiger partial charge in [-0.05, 0) is 36.4 Å². The van der Waals surface area contributed by atoms with Crippen molar-refractivity contribution >= 4 is 29.2 Å². The summed E-state index contributed by atoms with van der Waals surface area (Å²) < 4.78 is 0. The van der Waals surface area contributed by atoms with Gasteiger partial charge >= 0.3 is 5.97 Å². The number of Topliss-reactive ketones (excluding diaryl/α,β-unsaturated/α-hetero) is 1. The Labute approximate surface area is 111 Å². The third-order valence-corrected chi connectivity index (χ3v) is 3.52. The Kier molecular flexibility index (Phi) is 5.78. The van der Waals surface area contributed by atoms with E-state index in [1.165, 1.54) is 11.3 Å². The molecule has 1 aromatic heterocycles. The molecule has 1 rings (SSSR count). The summed E-state index contributed by atoms with van der Waals surface area (Å²) in [4.78, 5) is 23.7. The number of carboxylic acids is 1. The van der Waals surface area contributed by atoms with E-state index in [-0.39, 0.29) is 12.2 Å². The maximum Gasteiger partial charge on any atom is 0.307 e. The highest BCUT2D eigenvalue weighted by Gasteiger charge is 2.13. The van der Waals surface area contributed by atoms with E-state index < -0.39 is 5.97 Å². The van der Waals surface area contributed by atoms with Crippen LogP contribution in [0.15, 0.2) is 17.0 Å². The van der Waals surface area contributed by atoms with Crippen LogP contribution in [0, 0.1) is 6.92 Å². The Hall–Kier alpha value is -1.42. The number of aliphatic carboxylic acids is 1. The van der Waals surface area contributed by atoms with Crippen LogP contribution in [-0.4, -0.2) is 16.9 Å². The number of hydrogen-bond acceptors (Lipinski definition) is 3. The third-order valence-electron chi connectivity index (χ3n) is 2.52. The molecule has 0 aromatic carbocycles. The number of rotatable bonds is 7. The van der Waals surface area contributed by atoms with Crippen molar-refractivity contribution < 1.29 is 14.7 Å². The van der Waals surface area contributed by atoms with E-state index >= 15 is 0 Å². The Balaban J connectivity index is 2.86. The minimum absolute atomic E-state index is 0.0506. The fourth-order valence-corrected chi connectivity index (χ4v) is 2.45. The minimum Gasteiger partial charge on any atom is -0.481 e. The molecule has 0 saturated carbocycles. The lowest BCUT2D eigenvalue weighted by Crippen LogP contribution is -2.07. The number of carboxylic acid groups (broad SMARTS) is 1. The monoisotopic (exact) mass is 266 g/mol. The molecule has 3 nitrogen and oxygen atoms in total. The maximum absolute atomic E-state index is 11.9. The number of hydrogen-bond donors (Lipinski definition) is 1. The molecular formula is C14H18O3S. The average molecular weight is 266 g/mol. The lowest BCUT2D eigenvalue weighted by Gasteiger charge is -2.03. The molecule has 0 bridgehead atoms. The number of carbonyl (C=O) groups excluding carboxylic acids is 1. The standard InChI is InChI=1S/C14H18O3S/c1-3-4-5-13(15)11(8-14(16)17)7-12-6-10(2)9-18-12/h6-7,9H,3-5,8H2,1-2H3,(H,16,17)/b11-7+. The molecule has 0 aliphatic heterocycles. The van der Waals surface area contributed by atoms with Gasteiger partial charge in [0.05, 0.1) is 6.42 Å². The SMILES string of the molecule is CCCCC(=O)/C(=C/c1cc(C)cs1)CC(=O)O. The first-order valence-electron chi connectivity index (χ1n) is 6.03. The van der Waals surface area contributed by atoms with Gasteiger partial charge in [0.1, 0.15) is 0 Å². The molecule has 0 fully saturated rings. The van der Waals surface area contributed by atoms with Gasteiger partial charge in [0.25, 0.3) is 0 Å². The molecule has 1 heterocycles. The zero-order valence-electron chi connectivity index (χ0n) is 10.7. The Bertz CT molecular complexity index is 457. The summed E-state index contributed by atoms with van der Waals surface area (Å²) in [5.74, 6) is -1.01. The topological polar surface area (TPSA) is 54.4 Å². The second-order valence-corrected chi connectivity index (χ2v) is 5.24. The molecule has 0 saturated heterocycles. The summed E-state index contributed by atoms with van der Waals surface area (Å²) in [6, 6.07) is 1.96. The molecule has 0 amide bonds. The van der Waals surface area contributed by atoms with Crippen LogP contribution in [0.25, 0.3) is 6.08 Å². The molecule has 1 N–H and O–H groups in total. The van der Waals surface area contributed by atoms with Crippen LogP contribution < -0.4 is 0 Å². The van der Waals surface area contributed by atoms with Gasteiger partial charge in [0.2, 0.25) is 0 Å². The first kappa shape index (κ1) is 14.6. The third kappa shape index (κ3) is 4.84. The smallest absolute Gasteiger partial charge is 0.307 e. The number of ketones is 1. The van der Waals surface area contributed by atoms with E-state index in [2.05, 4.69) is 0 Å². The summed E-state index contributed by atoms with van der Waals surface area (Å²) in [6.45, 7) is 3.99. The second kappa shape index (κ2) is 7.11. The van der Waals surface area contributed by atoms with Gasteiger partial charge in [-0.15, -0.1) is 11.3 Å². The lowest BCUT2D eigenvalue weighted by molar-refractivity contribution is -0.137. The van der Waals surface area contributed by atoms with E-state index in [0.717, 1.165) is 23.3 Å². The largest absolute Gasteiger partial charge is 0.481 e. The van der Waals surface area contributed by atoms with Gasteiger partial charge in [-0.1, -0.05) is 13.3 Å². The summed E-state index contributed by atoms with van der Waals surface area (Å²) >= 11 is 1.52. The van der Waals surface area contributed by atoms with Crippen molar-refractivity contribution in [3.05, 3.63) is 27.5 Å². The highest BCUT2D eigenvalue weighted by Crippen LogP contribution is 2.20. The number of aryl methyl sites for hydroxylation is 1. The fraction of sp³-hybridized carbons (Fsp3) is 0.429. The van der Waals surface area contributed by atoms with Crippen LogP contribution >= 0.6 is 11.3 Å². The summed E-state index contributed by atoms with van der Waals surface area (Å²) in [6.07, 6.45) is 3.69. The van der Waals surface area contributed by atoms with Crippen LogP contribution in [0.1, 0.15) is 43.0 Å². The number of carbonyl (C=O) groups is 2. The summed E-state index contributed by atoms with van der Waals surface area (Å²) in [5, 5.41) is 10.8. The highest BCUT2D eigenvalue weighted by atomic mass is 32.1. The first-order valence-corrected chi connectivity index (χ1v) is 6.91. The molecule has 0 aliphatic rings. The first-order chi connectivity index (χ1) is 8.52. The minimum atomic E-state index is -0.959. The molecule has 0 unspecified atom stereocenters. The second-order valence-electron chi connectivity index (χ2n) is 4.29. The van der Waals surface area contributed by atoms with E-state index in [1.54, 1.807) is 6.08 Å². The Morgan fingerprint density at radius 2 is 2.17 bits per heavy atom. The number of thiophene rings is 1. The molecule has 0 aliphatic carbocycles. The highest BCUT2D eigenvalue weighted by molar-refractivity contribution is 7.11. The van der Waals surface area contributed by atoms with Crippen molar-refractivity contribution in [1.82, 2.24) is 0 Å². The maximum atomic E-state index is 11.9. The van der Waals surface area contributed by atoms with Gasteiger partial charge in [0, 0.05) is 16.9 Å². The van der Waals surface area contributed by atoms with Gasteiger partial charge in [0.15, 0.2) is 5.78 Å². The van der Waals surface area contributed by atoms with E-state index in [0.29, 0.717) is 12.0 Å². The van der Waals surface area contributed by atoms with E-state index in [1.807, 2.05) is 25.3 Å². The zero-order valence-corrected chi connectivity index (χ0v) is 11.5. The quantitative estimate of drug-likeness (QED) is 0.766. The van der Waals surface area contributed by atoms with Crippen molar-refractivity contribution in [2.75, 3.05) is 0 Å². The fourth-order valence-electron chi connectivity index (χ4n) is 1.59. The molecule has 0 radical (unpaired) electrons. The van der Waals surface area contributed by atoms with E-state index in [9.17, 15) is 9.59 Å². The molecule has 18 heavy (non-hydrogen) atoms. The van der Waals surface area contributed by atoms with Crippen LogP contribution in [0.5, 0.6) is 0 Å². The van der Waals surface area contributed by atoms with Crippen molar-refractivity contribution in [2.45, 2.75) is 39.5 Å². The molecular weight excluding hydrogens is 248 g/mol. The van der Waals surface area contributed by atoms with Gasteiger partial charge in [-0.3, -0.25) is 9.59 Å². The van der Waals surface area contributed by atoms with Gasteiger partial charge in [-0.25, -0.2) is 0 Å².